The summed E-state index contributed by atoms with van der Waals surface area (Å²) in [7, 11) is -1.49. The normalized spacial score (nSPS) is 13.1. The zero-order valence-corrected chi connectivity index (χ0v) is 20.1. The van der Waals surface area contributed by atoms with Gasteiger partial charge in [-0.05, 0) is 45.6 Å². The number of aryl methyl sites for hydroxylation is 1. The number of hydrogen-bond acceptors (Lipinski definition) is 3. The van der Waals surface area contributed by atoms with Gasteiger partial charge in [0, 0.05) is 32.7 Å². The minimum Gasteiger partial charge on any atom is -0.357 e. The van der Waals surface area contributed by atoms with Gasteiger partial charge in [0.1, 0.15) is 0 Å². The van der Waals surface area contributed by atoms with Gasteiger partial charge in [-0.15, -0.1) is 24.0 Å². The van der Waals surface area contributed by atoms with Crippen molar-refractivity contribution < 1.29 is 8.42 Å². The number of sulfonamides is 1. The topological polar surface area (TPSA) is 73.8 Å². The molecule has 156 valence electrons. The van der Waals surface area contributed by atoms with Crippen molar-refractivity contribution in [1.29, 1.82) is 0 Å². The first-order valence-corrected chi connectivity index (χ1v) is 11.0. The van der Waals surface area contributed by atoms with Crippen molar-refractivity contribution in [2.45, 2.75) is 46.1 Å². The molecule has 1 rings (SSSR count). The Labute approximate surface area is 182 Å². The predicted molar refractivity (Wildman–Crippen MR) is 125 cm³/mol. The second kappa shape index (κ2) is 14.2. The van der Waals surface area contributed by atoms with Gasteiger partial charge >= 0.3 is 0 Å². The van der Waals surface area contributed by atoms with E-state index < -0.39 is 10.0 Å². The number of halogens is 1. The average molecular weight is 510 g/mol. The number of rotatable bonds is 11. The molecule has 6 nitrogen and oxygen atoms in total. The summed E-state index contributed by atoms with van der Waals surface area (Å²) in [6, 6.07) is 10.8. The summed E-state index contributed by atoms with van der Waals surface area (Å²) in [5.41, 5.74) is 1.34. The van der Waals surface area contributed by atoms with Gasteiger partial charge in [-0.25, -0.2) is 12.7 Å². The molecule has 8 heteroatoms. The van der Waals surface area contributed by atoms with Crippen LogP contribution in [0.5, 0.6) is 0 Å². The highest BCUT2D eigenvalue weighted by atomic mass is 127. The maximum absolute atomic E-state index is 11.7. The molecule has 0 bridgehead atoms. The Kier molecular flexibility index (Phi) is 13.7. The van der Waals surface area contributed by atoms with Crippen molar-refractivity contribution in [3.05, 3.63) is 35.9 Å². The van der Waals surface area contributed by atoms with Crippen molar-refractivity contribution in [1.82, 2.24) is 14.9 Å². The molecule has 0 saturated carbocycles. The fraction of sp³-hybridized carbons (Fsp3) is 0.632. The number of benzene rings is 1. The van der Waals surface area contributed by atoms with Crippen LogP contribution in [0.1, 0.15) is 39.2 Å². The van der Waals surface area contributed by atoms with E-state index in [9.17, 15) is 8.42 Å². The average Bonchev–Trinajstić information content (AvgIpc) is 2.64. The van der Waals surface area contributed by atoms with Crippen LogP contribution in [-0.4, -0.2) is 57.2 Å². The van der Waals surface area contributed by atoms with E-state index in [2.05, 4.69) is 46.8 Å². The number of nitrogens with zero attached hydrogens (tertiary/aromatic N) is 2. The van der Waals surface area contributed by atoms with Crippen LogP contribution < -0.4 is 10.6 Å². The van der Waals surface area contributed by atoms with Crippen LogP contribution in [-0.2, 0) is 16.4 Å². The Morgan fingerprint density at radius 3 is 2.48 bits per heavy atom. The van der Waals surface area contributed by atoms with Crippen LogP contribution in [0.3, 0.4) is 0 Å². The zero-order chi connectivity index (χ0) is 19.4. The maximum Gasteiger partial charge on any atom is 0.213 e. The van der Waals surface area contributed by atoms with Crippen molar-refractivity contribution in [3.8, 4) is 0 Å². The summed E-state index contributed by atoms with van der Waals surface area (Å²) in [4.78, 5) is 4.56. The molecule has 1 unspecified atom stereocenters. The Bertz CT molecular complexity index is 638. The lowest BCUT2D eigenvalue weighted by Crippen LogP contribution is -2.42. The van der Waals surface area contributed by atoms with Gasteiger partial charge in [-0.1, -0.05) is 30.3 Å². The molecule has 0 heterocycles. The third-order valence-corrected chi connectivity index (χ3v) is 6.04. The van der Waals surface area contributed by atoms with Crippen molar-refractivity contribution >= 4 is 40.0 Å². The van der Waals surface area contributed by atoms with Crippen molar-refractivity contribution in [2.24, 2.45) is 4.99 Å². The van der Waals surface area contributed by atoms with E-state index in [4.69, 9.17) is 0 Å². The number of nitrogens with one attached hydrogen (secondary N) is 2. The molecule has 27 heavy (non-hydrogen) atoms. The Morgan fingerprint density at radius 1 is 1.22 bits per heavy atom. The molecule has 0 amide bonds. The minimum absolute atomic E-state index is 0. The van der Waals surface area contributed by atoms with Gasteiger partial charge < -0.3 is 10.6 Å². The minimum atomic E-state index is -3.11. The van der Waals surface area contributed by atoms with Crippen LogP contribution in [0.25, 0.3) is 0 Å². The summed E-state index contributed by atoms with van der Waals surface area (Å²) in [5.74, 6) is 0.921. The van der Waals surface area contributed by atoms with Crippen LogP contribution in [0.15, 0.2) is 35.3 Å². The lowest BCUT2D eigenvalue weighted by Gasteiger charge is -2.18. The van der Waals surface area contributed by atoms with Crippen LogP contribution >= 0.6 is 24.0 Å². The summed E-state index contributed by atoms with van der Waals surface area (Å²) in [6.07, 6.45) is 2.74. The second-order valence-electron chi connectivity index (χ2n) is 6.41. The summed E-state index contributed by atoms with van der Waals surface area (Å²) >= 11 is 0. The lowest BCUT2D eigenvalue weighted by molar-refractivity contribution is 0.464. The molecule has 0 aliphatic heterocycles. The molecule has 0 aliphatic rings. The Morgan fingerprint density at radius 2 is 1.89 bits per heavy atom. The Balaban J connectivity index is 0.00000676. The van der Waals surface area contributed by atoms with E-state index in [1.165, 1.54) is 9.87 Å². The van der Waals surface area contributed by atoms with E-state index in [1.807, 2.05) is 13.0 Å². The first-order chi connectivity index (χ1) is 12.4. The highest BCUT2D eigenvalue weighted by Crippen LogP contribution is 2.05. The van der Waals surface area contributed by atoms with Gasteiger partial charge in [0.15, 0.2) is 5.96 Å². The van der Waals surface area contributed by atoms with Gasteiger partial charge in [0.25, 0.3) is 0 Å². The fourth-order valence-electron chi connectivity index (χ4n) is 2.50. The second-order valence-corrected chi connectivity index (χ2v) is 8.77. The summed E-state index contributed by atoms with van der Waals surface area (Å²) < 4.78 is 24.9. The van der Waals surface area contributed by atoms with E-state index in [0.717, 1.165) is 25.3 Å². The molecule has 0 saturated heterocycles. The summed E-state index contributed by atoms with van der Waals surface area (Å²) in [5, 5.41) is 6.67. The molecule has 1 atom stereocenters. The fourth-order valence-corrected chi connectivity index (χ4v) is 3.35. The number of hydrogen-bond donors (Lipinski definition) is 2. The standard InChI is InChI=1S/C19H34N4O2S.HI/c1-5-20-19(21-15-10-16-23(4)26(24,25)6-2)22-17(3)13-14-18-11-8-7-9-12-18;/h7-9,11-12,17H,5-6,10,13-16H2,1-4H3,(H2,20,21,22);1H. The lowest BCUT2D eigenvalue weighted by atomic mass is 10.1. The van der Waals surface area contributed by atoms with Crippen molar-refractivity contribution in [3.63, 3.8) is 0 Å². The molecule has 0 radical (unpaired) electrons. The third kappa shape index (κ3) is 10.9. The molecule has 1 aromatic carbocycles. The molecular weight excluding hydrogens is 475 g/mol. The SMILES string of the molecule is CCNC(=NCCCN(C)S(=O)(=O)CC)NC(C)CCc1ccccc1.I. The Hall–Kier alpha value is -0.870. The molecule has 2 N–H and O–H groups in total. The van der Waals surface area contributed by atoms with Crippen LogP contribution in [0.4, 0.5) is 0 Å². The maximum atomic E-state index is 11.7. The van der Waals surface area contributed by atoms with Gasteiger partial charge in [-0.3, -0.25) is 4.99 Å². The molecule has 0 fully saturated rings. The molecule has 0 aliphatic carbocycles. The van der Waals surface area contributed by atoms with E-state index >= 15 is 0 Å². The molecular formula is C19H35IN4O2S. The largest absolute Gasteiger partial charge is 0.357 e. The third-order valence-electron chi connectivity index (χ3n) is 4.18. The van der Waals surface area contributed by atoms with Gasteiger partial charge in [0.05, 0.1) is 5.75 Å². The van der Waals surface area contributed by atoms with Crippen LogP contribution in [0, 0.1) is 0 Å². The molecule has 0 spiro atoms. The summed E-state index contributed by atoms with van der Waals surface area (Å²) in [6.45, 7) is 7.72. The van der Waals surface area contributed by atoms with Gasteiger partial charge in [-0.2, -0.15) is 0 Å². The van der Waals surface area contributed by atoms with Gasteiger partial charge in [0.2, 0.25) is 10.0 Å². The highest BCUT2D eigenvalue weighted by Gasteiger charge is 2.13. The number of guanidine groups is 1. The van der Waals surface area contributed by atoms with E-state index in [0.29, 0.717) is 25.6 Å². The van der Waals surface area contributed by atoms with Crippen LogP contribution in [0.2, 0.25) is 0 Å². The monoisotopic (exact) mass is 510 g/mol. The molecule has 1 aromatic rings. The number of aliphatic imine (C=N–C) groups is 1. The zero-order valence-electron chi connectivity index (χ0n) is 16.9. The first kappa shape index (κ1) is 26.1. The van der Waals surface area contributed by atoms with E-state index in [-0.39, 0.29) is 29.7 Å². The van der Waals surface area contributed by atoms with E-state index in [1.54, 1.807) is 14.0 Å². The highest BCUT2D eigenvalue weighted by molar-refractivity contribution is 14.0. The van der Waals surface area contributed by atoms with Crippen molar-refractivity contribution in [2.75, 3.05) is 32.4 Å². The predicted octanol–water partition coefficient (Wildman–Crippen LogP) is 2.85. The quantitative estimate of drug-likeness (QED) is 0.208. The molecule has 0 aromatic heterocycles. The smallest absolute Gasteiger partial charge is 0.213 e. The first-order valence-electron chi connectivity index (χ1n) is 9.41.